The molecule has 4 aliphatic carbocycles. The number of Topliss-reactive ketones (excluding diaryl/α,β-unsaturated/α-hetero) is 1. The number of anilines is 1. The number of allylic oxidation sites excluding steroid dienone is 4. The minimum absolute atomic E-state index is 0.000217. The van der Waals surface area contributed by atoms with Gasteiger partial charge < -0.3 is 24.1 Å². The monoisotopic (exact) mass is 709 g/mol. The number of ether oxygens (including phenoxy) is 4. The Morgan fingerprint density at radius 3 is 2.49 bits per heavy atom. The van der Waals surface area contributed by atoms with Gasteiger partial charge >= 0.3 is 6.09 Å². The molecule has 0 bridgehead atoms. The van der Waals surface area contributed by atoms with Crippen LogP contribution in [-0.4, -0.2) is 64.6 Å². The second-order valence-corrected chi connectivity index (χ2v) is 15.8. The van der Waals surface area contributed by atoms with Crippen LogP contribution in [0.1, 0.15) is 65.7 Å². The second-order valence-electron chi connectivity index (χ2n) is 15.8. The number of aliphatic hydroxyl groups is 1. The Bertz CT molecular complexity index is 1820. The fourth-order valence-corrected chi connectivity index (χ4v) is 9.56. The average molecular weight is 710 g/mol. The minimum atomic E-state index is -2.36. The number of alkyl halides is 2. The lowest BCUT2D eigenvalue weighted by atomic mass is 9.44. The molecular weight excluding hydrogens is 667 g/mol. The standard InChI is InChI=1S/C39H42F3NO8/c1-35(2,3)51-34(47)43-23-9-11-25(12-10-23)48-20-31(46)39-32(49-33(50-39)21-7-6-8-22(40)15-21)18-26-27-17-29(41)28-16-24(44)13-14-36(28,4)38(27,42)30(45)19-37(26,39)5/h6-16,26-27,29-30,32-33,45H,17-20H2,1-5H3,(H,43,47)/t26-,27-,29-,30-,32+,33?,36-,37-,38-,39+/m0/s1. The number of benzene rings is 2. The van der Waals surface area contributed by atoms with Gasteiger partial charge in [-0.2, -0.15) is 0 Å². The largest absolute Gasteiger partial charge is 0.486 e. The third-order valence-corrected chi connectivity index (χ3v) is 11.8. The highest BCUT2D eigenvalue weighted by molar-refractivity contribution is 6.01. The molecular formula is C39H42F3NO8. The first-order chi connectivity index (χ1) is 23.9. The van der Waals surface area contributed by atoms with Gasteiger partial charge in [-0.15, -0.1) is 0 Å². The van der Waals surface area contributed by atoms with Crippen LogP contribution in [0.25, 0.3) is 0 Å². The Balaban J connectivity index is 1.20. The fraction of sp³-hybridized carbons (Fsp3) is 0.513. The van der Waals surface area contributed by atoms with E-state index in [1.807, 2.05) is 0 Å². The van der Waals surface area contributed by atoms with E-state index in [0.717, 1.165) is 6.08 Å². The maximum atomic E-state index is 17.8. The number of ketones is 2. The maximum Gasteiger partial charge on any atom is 0.412 e. The van der Waals surface area contributed by atoms with Gasteiger partial charge in [-0.1, -0.05) is 25.1 Å². The first-order valence-corrected chi connectivity index (χ1v) is 17.2. The van der Waals surface area contributed by atoms with Crippen molar-refractivity contribution in [3.63, 3.8) is 0 Å². The average Bonchev–Trinajstić information content (AvgIpc) is 3.55. The van der Waals surface area contributed by atoms with Crippen LogP contribution in [0.5, 0.6) is 5.75 Å². The van der Waals surface area contributed by atoms with E-state index in [-0.39, 0.29) is 24.8 Å². The molecule has 51 heavy (non-hydrogen) atoms. The van der Waals surface area contributed by atoms with E-state index in [0.29, 0.717) is 17.0 Å². The first kappa shape index (κ1) is 35.4. The number of hydrogen-bond acceptors (Lipinski definition) is 8. The quantitative estimate of drug-likeness (QED) is 0.333. The zero-order valence-corrected chi connectivity index (χ0v) is 29.1. The molecule has 7 rings (SSSR count). The summed E-state index contributed by atoms with van der Waals surface area (Å²) >= 11 is 0. The number of hydrogen-bond donors (Lipinski definition) is 2. The molecule has 3 saturated carbocycles. The van der Waals surface area contributed by atoms with Crippen molar-refractivity contribution in [3.05, 3.63) is 83.7 Å². The molecule has 1 aliphatic heterocycles. The SMILES string of the molecule is CC(C)(C)OC(=O)Nc1ccc(OCC(=O)[C@@]23OC(c4cccc(F)c4)O[C@@H]2C[C@H]2[C@@H]4C[C@H](F)C5=CC(=O)C=C[C@]5(C)[C@@]4(F)[C@@H](O)C[C@@]23C)cc1. The maximum absolute atomic E-state index is 17.8. The van der Waals surface area contributed by atoms with Gasteiger partial charge in [0.05, 0.1) is 12.2 Å². The molecule has 0 aromatic heterocycles. The molecule has 0 spiro atoms. The number of nitrogens with one attached hydrogen (secondary N) is 1. The van der Waals surface area contributed by atoms with Gasteiger partial charge in [-0.3, -0.25) is 14.9 Å². The van der Waals surface area contributed by atoms with Crippen LogP contribution in [0.15, 0.2) is 72.3 Å². The van der Waals surface area contributed by atoms with Gasteiger partial charge in [0, 0.05) is 28.0 Å². The normalized spacial score (nSPS) is 38.1. The Hall–Kier alpha value is -4.00. The van der Waals surface area contributed by atoms with E-state index in [1.165, 1.54) is 37.3 Å². The van der Waals surface area contributed by atoms with Crippen LogP contribution in [0.2, 0.25) is 0 Å². The number of carbonyl (C=O) groups is 3. The fourth-order valence-electron chi connectivity index (χ4n) is 9.56. The van der Waals surface area contributed by atoms with Crippen molar-refractivity contribution in [1.29, 1.82) is 0 Å². The van der Waals surface area contributed by atoms with E-state index in [1.54, 1.807) is 58.0 Å². The van der Waals surface area contributed by atoms with Crippen molar-refractivity contribution in [2.75, 3.05) is 11.9 Å². The van der Waals surface area contributed by atoms with E-state index in [2.05, 4.69) is 5.32 Å². The summed E-state index contributed by atoms with van der Waals surface area (Å²) < 4.78 is 72.3. The summed E-state index contributed by atoms with van der Waals surface area (Å²) in [5.41, 5.74) is -6.93. The number of carbonyl (C=O) groups excluding carboxylic acids is 3. The predicted molar refractivity (Wildman–Crippen MR) is 179 cm³/mol. The molecule has 1 saturated heterocycles. The Morgan fingerprint density at radius 1 is 1.08 bits per heavy atom. The molecule has 9 nitrogen and oxygen atoms in total. The van der Waals surface area contributed by atoms with Gasteiger partial charge in [0.1, 0.15) is 29.9 Å². The third kappa shape index (κ3) is 5.44. The molecule has 0 radical (unpaired) electrons. The Kier molecular flexibility index (Phi) is 8.35. The molecule has 272 valence electrons. The zero-order valence-electron chi connectivity index (χ0n) is 29.1. The lowest BCUT2D eigenvalue weighted by molar-refractivity contribution is -0.235. The van der Waals surface area contributed by atoms with Crippen LogP contribution in [0, 0.1) is 28.5 Å². The van der Waals surface area contributed by atoms with Crippen LogP contribution in [-0.2, 0) is 23.8 Å². The highest BCUT2D eigenvalue weighted by Crippen LogP contribution is 2.72. The van der Waals surface area contributed by atoms with Crippen LogP contribution in [0.3, 0.4) is 0 Å². The summed E-state index contributed by atoms with van der Waals surface area (Å²) in [4.78, 5) is 39.0. The van der Waals surface area contributed by atoms with Crippen LogP contribution in [0.4, 0.5) is 23.7 Å². The number of rotatable bonds is 6. The molecule has 2 aromatic carbocycles. The van der Waals surface area contributed by atoms with Crippen LogP contribution >= 0.6 is 0 Å². The Labute approximate surface area is 294 Å². The molecule has 10 atom stereocenters. The summed E-state index contributed by atoms with van der Waals surface area (Å²) in [6.07, 6.45) is -2.81. The summed E-state index contributed by atoms with van der Waals surface area (Å²) in [5.74, 6) is -2.96. The lowest BCUT2D eigenvalue weighted by Gasteiger charge is -2.63. The second kappa shape index (κ2) is 12.0. The predicted octanol–water partition coefficient (Wildman–Crippen LogP) is 6.90. The lowest BCUT2D eigenvalue weighted by Crippen LogP contribution is -2.70. The van der Waals surface area contributed by atoms with E-state index >= 15 is 8.78 Å². The molecule has 1 unspecified atom stereocenters. The topological polar surface area (TPSA) is 120 Å². The van der Waals surface area contributed by atoms with E-state index < -0.39 is 94.3 Å². The Morgan fingerprint density at radius 2 is 1.80 bits per heavy atom. The summed E-state index contributed by atoms with van der Waals surface area (Å²) in [7, 11) is 0. The van der Waals surface area contributed by atoms with Gasteiger partial charge in [-0.05, 0) is 107 Å². The number of fused-ring (bicyclic) bond motifs is 7. The molecule has 2 N–H and O–H groups in total. The van der Waals surface area contributed by atoms with E-state index in [9.17, 15) is 23.9 Å². The number of halogens is 3. The van der Waals surface area contributed by atoms with Crippen molar-refractivity contribution in [3.8, 4) is 5.75 Å². The molecule has 5 aliphatic rings. The summed E-state index contributed by atoms with van der Waals surface area (Å²) in [6, 6.07) is 11.9. The molecule has 2 aromatic rings. The van der Waals surface area contributed by atoms with Crippen molar-refractivity contribution in [2.24, 2.45) is 22.7 Å². The first-order valence-electron chi connectivity index (χ1n) is 17.2. The number of aliphatic hydroxyl groups excluding tert-OH is 1. The molecule has 4 fully saturated rings. The minimum Gasteiger partial charge on any atom is -0.486 e. The van der Waals surface area contributed by atoms with Gasteiger partial charge in [-0.25, -0.2) is 18.0 Å². The van der Waals surface area contributed by atoms with Crippen molar-refractivity contribution < 1.29 is 51.6 Å². The van der Waals surface area contributed by atoms with Gasteiger partial charge in [0.25, 0.3) is 0 Å². The van der Waals surface area contributed by atoms with Crippen molar-refractivity contribution in [2.45, 2.75) is 95.4 Å². The summed E-state index contributed by atoms with van der Waals surface area (Å²) in [5, 5.41) is 14.5. The van der Waals surface area contributed by atoms with Gasteiger partial charge in [0.15, 0.2) is 23.3 Å². The number of amides is 1. The molecule has 12 heteroatoms. The van der Waals surface area contributed by atoms with Crippen molar-refractivity contribution in [1.82, 2.24) is 0 Å². The smallest absolute Gasteiger partial charge is 0.412 e. The zero-order chi connectivity index (χ0) is 36.7. The van der Waals surface area contributed by atoms with Crippen LogP contribution < -0.4 is 10.1 Å². The highest BCUT2D eigenvalue weighted by Gasteiger charge is 2.80. The van der Waals surface area contributed by atoms with Gasteiger partial charge in [0.2, 0.25) is 5.78 Å². The third-order valence-electron chi connectivity index (χ3n) is 11.8. The molecule has 1 amide bonds. The highest BCUT2D eigenvalue weighted by atomic mass is 19.1. The molecule has 1 heterocycles. The summed E-state index contributed by atoms with van der Waals surface area (Å²) in [6.45, 7) is 8.00. The van der Waals surface area contributed by atoms with E-state index in [4.69, 9.17) is 18.9 Å². The van der Waals surface area contributed by atoms with Crippen molar-refractivity contribution >= 4 is 23.3 Å².